The molecule has 4 fully saturated rings. The summed E-state index contributed by atoms with van der Waals surface area (Å²) in [6.07, 6.45) is 6.42. The molecule has 56 heavy (non-hydrogen) atoms. The number of carbonyl (C=O) groups is 4. The highest BCUT2D eigenvalue weighted by atomic mass is 32.2. The van der Waals surface area contributed by atoms with Crippen molar-refractivity contribution in [2.75, 3.05) is 6.54 Å². The number of nitrogens with one attached hydrogen (secondary N) is 3. The number of likely N-dealkylation sites (tertiary alicyclic amines) is 1. The number of hydrogen-bond donors (Lipinski definition) is 3. The van der Waals surface area contributed by atoms with E-state index in [-0.39, 0.29) is 25.5 Å². The Morgan fingerprint density at radius 3 is 2.20 bits per heavy atom. The maximum Gasteiger partial charge on any atom is 0.408 e. The average molecular weight is 785 g/mol. The summed E-state index contributed by atoms with van der Waals surface area (Å²) in [6, 6.07) is 15.5. The number of sulfonamides is 1. The lowest BCUT2D eigenvalue weighted by Crippen LogP contribution is -2.59. The summed E-state index contributed by atoms with van der Waals surface area (Å²) in [5, 5.41) is 9.45. The SMILES string of the molecule is C=C[C@@H]1C[C@]1(NC(=O)[C@@H]1C[C@@H](n2ncc(-c3ccccc3)c(-c3ccccc3)c2=O)CN1C(=O)[C@@H](NC(=O)OC1CCCC1)C(C)C)C(=O)NS(=O)(=O)C1CC1. The second-order valence-electron chi connectivity index (χ2n) is 15.7. The summed E-state index contributed by atoms with van der Waals surface area (Å²) in [6.45, 7) is 7.19. The third-order valence-electron chi connectivity index (χ3n) is 11.4. The molecule has 5 atom stereocenters. The molecular formula is C41H48N6O8S. The number of hydrogen-bond acceptors (Lipinski definition) is 9. The predicted octanol–water partition coefficient (Wildman–Crippen LogP) is 4.08. The van der Waals surface area contributed by atoms with Crippen LogP contribution in [0.2, 0.25) is 0 Å². The van der Waals surface area contributed by atoms with Crippen LogP contribution in [0.1, 0.15) is 71.3 Å². The molecule has 296 valence electrons. The Bertz CT molecular complexity index is 2170. The summed E-state index contributed by atoms with van der Waals surface area (Å²) >= 11 is 0. The van der Waals surface area contributed by atoms with E-state index in [1.807, 2.05) is 60.7 Å². The third-order valence-corrected chi connectivity index (χ3v) is 13.2. The highest BCUT2D eigenvalue weighted by Gasteiger charge is 2.62. The van der Waals surface area contributed by atoms with Gasteiger partial charge in [-0.3, -0.25) is 23.9 Å². The fourth-order valence-corrected chi connectivity index (χ4v) is 9.32. The van der Waals surface area contributed by atoms with Crippen molar-refractivity contribution in [3.8, 4) is 22.3 Å². The minimum absolute atomic E-state index is 0.0580. The first-order valence-electron chi connectivity index (χ1n) is 19.3. The van der Waals surface area contributed by atoms with Crippen LogP contribution in [0, 0.1) is 11.8 Å². The molecule has 4 amide bonds. The summed E-state index contributed by atoms with van der Waals surface area (Å²) in [4.78, 5) is 71.5. The van der Waals surface area contributed by atoms with Crippen molar-refractivity contribution < 1.29 is 32.3 Å². The maximum atomic E-state index is 14.6. The summed E-state index contributed by atoms with van der Waals surface area (Å²) in [5.74, 6) is -3.13. The molecule has 0 bridgehead atoms. The average Bonchev–Trinajstić information content (AvgIpc) is 4.06. The normalized spacial score (nSPS) is 24.0. The van der Waals surface area contributed by atoms with Crippen LogP contribution >= 0.6 is 0 Å². The molecule has 1 saturated heterocycles. The van der Waals surface area contributed by atoms with Gasteiger partial charge in [-0.25, -0.2) is 17.9 Å². The van der Waals surface area contributed by atoms with Gasteiger partial charge >= 0.3 is 6.09 Å². The monoisotopic (exact) mass is 784 g/mol. The first-order chi connectivity index (χ1) is 26.8. The van der Waals surface area contributed by atoms with Gasteiger partial charge in [0.1, 0.15) is 23.7 Å². The maximum absolute atomic E-state index is 14.6. The fraction of sp³-hybridized carbons (Fsp3) is 0.463. The standard InChI is InChI=1S/C41H48N6O8S/c1-4-28-22-41(28,39(51)45-56(53,54)31-19-20-31)44-36(48)33-21-29(24-46(33)38(50)35(25(2)3)43-40(52)55-30-17-11-12-18-30)47-37(49)34(27-15-9-6-10-16-27)32(23-42-47)26-13-7-5-8-14-26/h4-10,13-16,23,25,28-31,33,35H,1,11-12,17-22,24H2,2-3H3,(H,43,52)(H,44,48)(H,45,51)/t28-,29-,33+,35+,41-/m1/s1. The van der Waals surface area contributed by atoms with E-state index in [4.69, 9.17) is 4.74 Å². The molecule has 3 N–H and O–H groups in total. The van der Waals surface area contributed by atoms with E-state index in [0.717, 1.165) is 31.2 Å². The first kappa shape index (κ1) is 38.9. The van der Waals surface area contributed by atoms with Crippen molar-refractivity contribution in [1.29, 1.82) is 0 Å². The molecule has 1 aromatic heterocycles. The van der Waals surface area contributed by atoms with Gasteiger partial charge in [0, 0.05) is 24.4 Å². The van der Waals surface area contributed by atoms with Gasteiger partial charge in [-0.1, -0.05) is 80.6 Å². The van der Waals surface area contributed by atoms with Crippen LogP contribution in [0.4, 0.5) is 4.79 Å². The molecule has 0 radical (unpaired) electrons. The minimum atomic E-state index is -3.93. The zero-order valence-corrected chi connectivity index (χ0v) is 32.4. The van der Waals surface area contributed by atoms with Crippen LogP contribution in [-0.4, -0.2) is 82.4 Å². The lowest BCUT2D eigenvalue weighted by atomic mass is 9.97. The number of benzene rings is 2. The Balaban J connectivity index is 1.23. The zero-order chi connectivity index (χ0) is 39.8. The van der Waals surface area contributed by atoms with E-state index in [1.165, 1.54) is 15.7 Å². The largest absolute Gasteiger partial charge is 0.446 e. The Morgan fingerprint density at radius 2 is 1.61 bits per heavy atom. The van der Waals surface area contributed by atoms with Crippen molar-refractivity contribution in [3.05, 3.63) is 89.9 Å². The Labute approximate surface area is 326 Å². The molecule has 4 aliphatic rings. The lowest BCUT2D eigenvalue weighted by Gasteiger charge is -2.31. The highest BCUT2D eigenvalue weighted by molar-refractivity contribution is 7.91. The van der Waals surface area contributed by atoms with Gasteiger partial charge in [0.05, 0.1) is 23.1 Å². The predicted molar refractivity (Wildman–Crippen MR) is 208 cm³/mol. The molecule has 3 aromatic rings. The van der Waals surface area contributed by atoms with Gasteiger partial charge in [0.25, 0.3) is 11.5 Å². The van der Waals surface area contributed by atoms with Crippen LogP contribution in [0.25, 0.3) is 22.3 Å². The van der Waals surface area contributed by atoms with Crippen molar-refractivity contribution in [3.63, 3.8) is 0 Å². The number of amides is 4. The van der Waals surface area contributed by atoms with E-state index in [2.05, 4.69) is 27.0 Å². The van der Waals surface area contributed by atoms with Gasteiger partial charge in [0.15, 0.2) is 0 Å². The van der Waals surface area contributed by atoms with E-state index < -0.39 is 80.1 Å². The number of rotatable bonds is 13. The number of aromatic nitrogens is 2. The van der Waals surface area contributed by atoms with Gasteiger partial charge < -0.3 is 20.3 Å². The fourth-order valence-electron chi connectivity index (χ4n) is 7.96. The van der Waals surface area contributed by atoms with Crippen molar-refractivity contribution in [2.24, 2.45) is 11.8 Å². The molecule has 3 aliphatic carbocycles. The molecule has 0 unspecified atom stereocenters. The number of carbonyl (C=O) groups excluding carboxylic acids is 4. The van der Waals surface area contributed by atoms with Crippen molar-refractivity contribution in [2.45, 2.75) is 100 Å². The van der Waals surface area contributed by atoms with E-state index in [1.54, 1.807) is 20.0 Å². The molecule has 2 heterocycles. The Kier molecular flexibility index (Phi) is 10.9. The zero-order valence-electron chi connectivity index (χ0n) is 31.6. The van der Waals surface area contributed by atoms with Crippen LogP contribution in [-0.2, 0) is 29.1 Å². The second kappa shape index (κ2) is 15.7. The smallest absolute Gasteiger partial charge is 0.408 e. The van der Waals surface area contributed by atoms with E-state index in [9.17, 15) is 32.4 Å². The van der Waals surface area contributed by atoms with E-state index >= 15 is 0 Å². The molecule has 7 rings (SSSR count). The molecule has 1 aliphatic heterocycles. The topological polar surface area (TPSA) is 186 Å². The van der Waals surface area contributed by atoms with Crippen LogP contribution in [0.3, 0.4) is 0 Å². The molecule has 0 spiro atoms. The first-order valence-corrected chi connectivity index (χ1v) is 20.9. The van der Waals surface area contributed by atoms with Crippen LogP contribution in [0.15, 0.2) is 84.3 Å². The van der Waals surface area contributed by atoms with Crippen molar-refractivity contribution >= 4 is 33.8 Å². The minimum Gasteiger partial charge on any atom is -0.446 e. The quantitative estimate of drug-likeness (QED) is 0.215. The van der Waals surface area contributed by atoms with Gasteiger partial charge in [-0.15, -0.1) is 6.58 Å². The van der Waals surface area contributed by atoms with E-state index in [0.29, 0.717) is 29.5 Å². The number of nitrogens with zero attached hydrogens (tertiary/aromatic N) is 3. The second-order valence-corrected chi connectivity index (χ2v) is 17.6. The van der Waals surface area contributed by atoms with Crippen molar-refractivity contribution in [1.82, 2.24) is 30.0 Å². The summed E-state index contributed by atoms with van der Waals surface area (Å²) < 4.78 is 34.6. The molecule has 3 saturated carbocycles. The highest BCUT2D eigenvalue weighted by Crippen LogP contribution is 2.46. The number of alkyl carbamates (subject to hydrolysis) is 1. The number of ether oxygens (including phenoxy) is 1. The molecule has 2 aromatic carbocycles. The van der Waals surface area contributed by atoms with Gasteiger partial charge in [0.2, 0.25) is 21.8 Å². The molecular weight excluding hydrogens is 737 g/mol. The third kappa shape index (κ3) is 7.86. The van der Waals surface area contributed by atoms with Gasteiger partial charge in [-0.05, 0) is 62.0 Å². The Hall–Kier alpha value is -5.31. The molecule has 15 heteroatoms. The van der Waals surface area contributed by atoms with Crippen LogP contribution in [0.5, 0.6) is 0 Å². The van der Waals surface area contributed by atoms with Gasteiger partial charge in [-0.2, -0.15) is 5.10 Å². The summed E-state index contributed by atoms with van der Waals surface area (Å²) in [5.41, 5.74) is 0.434. The Morgan fingerprint density at radius 1 is 0.964 bits per heavy atom. The lowest BCUT2D eigenvalue weighted by molar-refractivity contribution is -0.141. The summed E-state index contributed by atoms with van der Waals surface area (Å²) in [7, 11) is -3.93. The molecule has 14 nitrogen and oxygen atoms in total. The van der Waals surface area contributed by atoms with Crippen LogP contribution < -0.4 is 20.9 Å².